The lowest BCUT2D eigenvalue weighted by atomic mass is 10.1. The molecule has 0 aliphatic heterocycles. The third kappa shape index (κ3) is 8.83. The van der Waals surface area contributed by atoms with Crippen molar-refractivity contribution >= 4 is 57.7 Å². The van der Waals surface area contributed by atoms with E-state index in [9.17, 15) is 14.4 Å². The number of nitrogens with one attached hydrogen (secondary N) is 3. The zero-order valence-corrected chi connectivity index (χ0v) is 28.8. The van der Waals surface area contributed by atoms with Crippen LogP contribution in [0.1, 0.15) is 26.7 Å². The smallest absolute Gasteiger partial charge is 0.272 e. The molecule has 0 aromatic heterocycles. The molecule has 9 heteroatoms. The van der Waals surface area contributed by atoms with E-state index in [1.54, 1.807) is 73.8 Å². The predicted molar refractivity (Wildman–Crippen MR) is 204 cm³/mol. The van der Waals surface area contributed by atoms with E-state index >= 15 is 0 Å². The Bertz CT molecular complexity index is 2210. The van der Waals surface area contributed by atoms with Gasteiger partial charge in [-0.2, -0.15) is 0 Å². The van der Waals surface area contributed by atoms with Crippen molar-refractivity contribution in [2.75, 3.05) is 24.9 Å². The minimum Gasteiger partial charge on any atom is -0.497 e. The lowest BCUT2D eigenvalue weighted by molar-refractivity contribution is -0.116. The summed E-state index contributed by atoms with van der Waals surface area (Å²) in [7, 11) is 3.07. The molecule has 3 amide bonds. The summed E-state index contributed by atoms with van der Waals surface area (Å²) in [5.41, 5.74) is 2.92. The lowest BCUT2D eigenvalue weighted by Gasteiger charge is -2.18. The summed E-state index contributed by atoms with van der Waals surface area (Å²) in [4.78, 5) is 41.7. The summed E-state index contributed by atoms with van der Waals surface area (Å²) >= 11 is 1.36. The van der Waals surface area contributed by atoms with Gasteiger partial charge in [0.05, 0.1) is 14.2 Å². The predicted octanol–water partition coefficient (Wildman–Crippen LogP) is 8.74. The molecule has 0 fully saturated rings. The molecule has 0 aliphatic carbocycles. The highest BCUT2D eigenvalue weighted by Gasteiger charge is 2.23. The molecule has 8 nitrogen and oxygen atoms in total. The third-order valence-corrected chi connectivity index (χ3v) is 9.22. The monoisotopic (exact) mass is 693 g/mol. The van der Waals surface area contributed by atoms with Gasteiger partial charge in [-0.3, -0.25) is 14.4 Å². The SMILES string of the molecule is COc1ccc(OC)c(/C=C(/NC(=O)c2ccccc2)C(=O)Nc2cccc(SC(C(=O)Nc3ccc4ccccc4c3)c3ccccc3)c2)c1. The normalized spacial score (nSPS) is 11.7. The number of thioether (sulfide) groups is 1. The van der Waals surface area contributed by atoms with Crippen LogP contribution in [0.2, 0.25) is 0 Å². The molecule has 0 saturated heterocycles. The first-order valence-electron chi connectivity index (χ1n) is 16.1. The first-order chi connectivity index (χ1) is 24.9. The van der Waals surface area contributed by atoms with Gasteiger partial charge in [-0.25, -0.2) is 0 Å². The number of amides is 3. The van der Waals surface area contributed by atoms with Gasteiger partial charge < -0.3 is 25.4 Å². The average Bonchev–Trinajstić information content (AvgIpc) is 3.17. The molecule has 6 aromatic rings. The first kappa shape index (κ1) is 34.5. The van der Waals surface area contributed by atoms with Gasteiger partial charge in [0, 0.05) is 27.4 Å². The van der Waals surface area contributed by atoms with Crippen LogP contribution in [0.3, 0.4) is 0 Å². The van der Waals surface area contributed by atoms with Crippen LogP contribution in [0.25, 0.3) is 16.8 Å². The molecule has 3 N–H and O–H groups in total. The summed E-state index contributed by atoms with van der Waals surface area (Å²) in [6, 6.07) is 44.4. The zero-order chi connectivity index (χ0) is 35.6. The third-order valence-electron chi connectivity index (χ3n) is 7.97. The molecule has 0 saturated carbocycles. The van der Waals surface area contributed by atoms with E-state index < -0.39 is 17.1 Å². The van der Waals surface area contributed by atoms with Gasteiger partial charge in [-0.15, -0.1) is 11.8 Å². The van der Waals surface area contributed by atoms with Crippen LogP contribution >= 0.6 is 11.8 Å². The molecular weight excluding hydrogens is 659 g/mol. The standard InChI is InChI=1S/C42H35N3O5S/c1-49-35-22-23-38(50-2)32(25-35)26-37(45-40(46)30-15-7-4-8-16-30)41(47)43-33-18-11-19-36(27-33)51-39(29-13-5-3-6-14-29)42(48)44-34-21-20-28-12-9-10-17-31(28)24-34/h3-27,39H,1-2H3,(H,43,47)(H,44,48)(H,45,46)/b37-26+. The number of carbonyl (C=O) groups is 3. The van der Waals surface area contributed by atoms with Crippen LogP contribution in [0.5, 0.6) is 11.5 Å². The maximum Gasteiger partial charge on any atom is 0.272 e. The van der Waals surface area contributed by atoms with Crippen LogP contribution in [-0.4, -0.2) is 31.9 Å². The van der Waals surface area contributed by atoms with Crippen LogP contribution in [0.15, 0.2) is 156 Å². The first-order valence-corrected chi connectivity index (χ1v) is 17.0. The van der Waals surface area contributed by atoms with Gasteiger partial charge in [-0.1, -0.05) is 84.9 Å². The quantitative estimate of drug-likeness (QED) is 0.0875. The molecular formula is C42H35N3O5S. The summed E-state index contributed by atoms with van der Waals surface area (Å²) < 4.78 is 10.9. The molecule has 0 aliphatic rings. The number of benzene rings is 6. The van der Waals surface area contributed by atoms with E-state index in [4.69, 9.17) is 9.47 Å². The van der Waals surface area contributed by atoms with E-state index in [1.165, 1.54) is 18.9 Å². The topological polar surface area (TPSA) is 106 Å². The fraction of sp³-hybridized carbons (Fsp3) is 0.0714. The Morgan fingerprint density at radius 3 is 2.10 bits per heavy atom. The van der Waals surface area contributed by atoms with E-state index in [0.29, 0.717) is 34.0 Å². The Morgan fingerprint density at radius 2 is 1.35 bits per heavy atom. The minimum absolute atomic E-state index is 0.00890. The van der Waals surface area contributed by atoms with Crippen molar-refractivity contribution in [3.8, 4) is 11.5 Å². The van der Waals surface area contributed by atoms with E-state index in [2.05, 4.69) is 16.0 Å². The number of methoxy groups -OCH3 is 2. The molecule has 1 atom stereocenters. The van der Waals surface area contributed by atoms with Gasteiger partial charge in [0.15, 0.2) is 0 Å². The van der Waals surface area contributed by atoms with E-state index in [1.807, 2.05) is 84.9 Å². The van der Waals surface area contributed by atoms with Crippen molar-refractivity contribution < 1.29 is 23.9 Å². The molecule has 51 heavy (non-hydrogen) atoms. The fourth-order valence-corrected chi connectivity index (χ4v) is 6.49. The van der Waals surface area contributed by atoms with Crippen molar-refractivity contribution in [3.05, 3.63) is 168 Å². The second-order valence-electron chi connectivity index (χ2n) is 11.4. The molecule has 6 aromatic carbocycles. The molecule has 0 heterocycles. The number of hydrogen-bond donors (Lipinski definition) is 3. The van der Waals surface area contributed by atoms with E-state index in [0.717, 1.165) is 21.2 Å². The summed E-state index contributed by atoms with van der Waals surface area (Å²) in [5, 5.41) is 10.3. The highest BCUT2D eigenvalue weighted by molar-refractivity contribution is 8.00. The van der Waals surface area contributed by atoms with Crippen molar-refractivity contribution in [2.45, 2.75) is 10.1 Å². The second kappa shape index (κ2) is 16.4. The van der Waals surface area contributed by atoms with E-state index in [-0.39, 0.29) is 11.6 Å². The summed E-state index contributed by atoms with van der Waals surface area (Å²) in [6.07, 6.45) is 1.54. The minimum atomic E-state index is -0.593. The largest absolute Gasteiger partial charge is 0.497 e. The summed E-state index contributed by atoms with van der Waals surface area (Å²) in [5.74, 6) is -0.149. The molecule has 1 unspecified atom stereocenters. The second-order valence-corrected chi connectivity index (χ2v) is 12.6. The number of fused-ring (bicyclic) bond motifs is 1. The highest BCUT2D eigenvalue weighted by Crippen LogP contribution is 2.37. The van der Waals surface area contributed by atoms with Gasteiger partial charge >= 0.3 is 0 Å². The van der Waals surface area contributed by atoms with Gasteiger partial charge in [0.25, 0.3) is 11.8 Å². The number of ether oxygens (including phenoxy) is 2. The average molecular weight is 694 g/mol. The van der Waals surface area contributed by atoms with Crippen LogP contribution in [0, 0.1) is 0 Å². The Morgan fingerprint density at radius 1 is 0.647 bits per heavy atom. The fourth-order valence-electron chi connectivity index (χ4n) is 5.41. The molecule has 0 radical (unpaired) electrons. The summed E-state index contributed by atoms with van der Waals surface area (Å²) in [6.45, 7) is 0. The number of anilines is 2. The lowest BCUT2D eigenvalue weighted by Crippen LogP contribution is -2.30. The number of hydrogen-bond acceptors (Lipinski definition) is 6. The number of rotatable bonds is 12. The van der Waals surface area contributed by atoms with Crippen molar-refractivity contribution in [1.82, 2.24) is 5.32 Å². The van der Waals surface area contributed by atoms with Crippen LogP contribution in [-0.2, 0) is 9.59 Å². The molecule has 0 bridgehead atoms. The Balaban J connectivity index is 1.26. The Kier molecular flexibility index (Phi) is 11.1. The van der Waals surface area contributed by atoms with Crippen molar-refractivity contribution in [2.24, 2.45) is 0 Å². The molecule has 6 rings (SSSR count). The van der Waals surface area contributed by atoms with Gasteiger partial charge in [-0.05, 0) is 83.1 Å². The van der Waals surface area contributed by atoms with Gasteiger partial charge in [0.1, 0.15) is 22.4 Å². The number of carbonyl (C=O) groups excluding carboxylic acids is 3. The van der Waals surface area contributed by atoms with Crippen molar-refractivity contribution in [1.29, 1.82) is 0 Å². The Hall–Kier alpha value is -6.32. The van der Waals surface area contributed by atoms with Crippen molar-refractivity contribution in [3.63, 3.8) is 0 Å². The Labute approximate surface area is 300 Å². The maximum atomic E-state index is 13.9. The maximum absolute atomic E-state index is 13.9. The van der Waals surface area contributed by atoms with Gasteiger partial charge in [0.2, 0.25) is 5.91 Å². The zero-order valence-electron chi connectivity index (χ0n) is 28.0. The van der Waals surface area contributed by atoms with Crippen LogP contribution in [0.4, 0.5) is 11.4 Å². The van der Waals surface area contributed by atoms with Crippen LogP contribution < -0.4 is 25.4 Å². The highest BCUT2D eigenvalue weighted by atomic mass is 32.2. The molecule has 254 valence electrons. The molecule has 0 spiro atoms.